The summed E-state index contributed by atoms with van der Waals surface area (Å²) in [5.41, 5.74) is 0.392. The Balaban J connectivity index is 4.77. The molecule has 0 aliphatic heterocycles. The summed E-state index contributed by atoms with van der Waals surface area (Å²) in [7, 11) is -3.72. The number of hydrogen-bond acceptors (Lipinski definition) is 4. The molecule has 22 heavy (non-hydrogen) atoms. The predicted octanol–water partition coefficient (Wildman–Crippen LogP) is 4.55. The van der Waals surface area contributed by atoms with Crippen LogP contribution < -0.4 is 0 Å². The van der Waals surface area contributed by atoms with Crippen molar-refractivity contribution >= 4 is 22.6 Å². The molecule has 0 heterocycles. The second kappa shape index (κ2) is 7.90. The minimum absolute atomic E-state index is 0.130. The van der Waals surface area contributed by atoms with Crippen LogP contribution in [0.3, 0.4) is 0 Å². The molecule has 0 bridgehead atoms. The van der Waals surface area contributed by atoms with E-state index in [0.29, 0.717) is 6.61 Å². The SMILES string of the molecule is C=C(C(=O)OCCC(C)(C)C)C(O[Si](C)(C)C)O[Si](C)(C)C. The highest BCUT2D eigenvalue weighted by atomic mass is 28.4. The highest BCUT2D eigenvalue weighted by Crippen LogP contribution is 2.21. The molecule has 0 radical (unpaired) electrons. The lowest BCUT2D eigenvalue weighted by molar-refractivity contribution is -0.142. The Bertz CT molecular complexity index is 370. The van der Waals surface area contributed by atoms with E-state index >= 15 is 0 Å². The van der Waals surface area contributed by atoms with Crippen molar-refractivity contribution in [1.82, 2.24) is 0 Å². The summed E-state index contributed by atoms with van der Waals surface area (Å²) in [5.74, 6) is -0.425. The largest absolute Gasteiger partial charge is 0.462 e. The fraction of sp³-hybridized carbons (Fsp3) is 0.812. The maximum atomic E-state index is 12.2. The summed E-state index contributed by atoms with van der Waals surface area (Å²) in [6.07, 6.45) is 0.112. The molecule has 0 rings (SSSR count). The van der Waals surface area contributed by atoms with Crippen LogP contribution in [0, 0.1) is 5.41 Å². The van der Waals surface area contributed by atoms with Crippen molar-refractivity contribution in [3.8, 4) is 0 Å². The fourth-order valence-electron chi connectivity index (χ4n) is 1.45. The fourth-order valence-corrected chi connectivity index (χ4v) is 3.21. The zero-order valence-corrected chi connectivity index (χ0v) is 17.8. The summed E-state index contributed by atoms with van der Waals surface area (Å²) in [6, 6.07) is 0. The van der Waals surface area contributed by atoms with Crippen molar-refractivity contribution < 1.29 is 18.4 Å². The highest BCUT2D eigenvalue weighted by Gasteiger charge is 2.32. The average Bonchev–Trinajstić information content (AvgIpc) is 2.21. The van der Waals surface area contributed by atoms with Crippen molar-refractivity contribution in [2.45, 2.75) is 72.8 Å². The van der Waals surface area contributed by atoms with Gasteiger partial charge in [0.25, 0.3) is 0 Å². The van der Waals surface area contributed by atoms with E-state index in [1.54, 1.807) is 0 Å². The van der Waals surface area contributed by atoms with E-state index in [1.165, 1.54) is 0 Å². The molecule has 0 spiro atoms. The van der Waals surface area contributed by atoms with E-state index in [9.17, 15) is 4.79 Å². The smallest absolute Gasteiger partial charge is 0.338 e. The molecule has 0 aromatic carbocycles. The molecular formula is C16H34O4Si2. The third-order valence-electron chi connectivity index (χ3n) is 2.55. The molecule has 0 saturated carbocycles. The molecule has 0 atom stereocenters. The second-order valence-electron chi connectivity index (χ2n) is 8.76. The van der Waals surface area contributed by atoms with Gasteiger partial charge in [-0.1, -0.05) is 27.4 Å². The lowest BCUT2D eigenvalue weighted by atomic mass is 9.93. The van der Waals surface area contributed by atoms with Crippen LogP contribution in [0.15, 0.2) is 12.2 Å². The average molecular weight is 347 g/mol. The number of esters is 1. The molecule has 0 aromatic heterocycles. The van der Waals surface area contributed by atoms with Crippen LogP contribution in [-0.2, 0) is 18.4 Å². The summed E-state index contributed by atoms with van der Waals surface area (Å²) in [4.78, 5) is 12.2. The van der Waals surface area contributed by atoms with Gasteiger partial charge in [-0.3, -0.25) is 0 Å². The Kier molecular flexibility index (Phi) is 7.74. The van der Waals surface area contributed by atoms with Gasteiger partial charge in [-0.2, -0.15) is 0 Å². The zero-order valence-electron chi connectivity index (χ0n) is 15.8. The maximum absolute atomic E-state index is 12.2. The quantitative estimate of drug-likeness (QED) is 0.280. The van der Waals surface area contributed by atoms with E-state index in [2.05, 4.69) is 66.6 Å². The van der Waals surface area contributed by atoms with Crippen molar-refractivity contribution in [2.24, 2.45) is 5.41 Å². The van der Waals surface area contributed by atoms with Crippen molar-refractivity contribution in [3.63, 3.8) is 0 Å². The molecule has 0 N–H and O–H groups in total. The van der Waals surface area contributed by atoms with Gasteiger partial charge in [-0.05, 0) is 51.1 Å². The second-order valence-corrected chi connectivity index (χ2v) is 17.7. The molecule has 0 saturated heterocycles. The van der Waals surface area contributed by atoms with E-state index in [1.807, 2.05) is 0 Å². The van der Waals surface area contributed by atoms with Gasteiger partial charge in [-0.25, -0.2) is 4.79 Å². The van der Waals surface area contributed by atoms with Crippen LogP contribution in [0.25, 0.3) is 0 Å². The Morgan fingerprint density at radius 2 is 1.41 bits per heavy atom. The molecule has 0 aliphatic rings. The van der Waals surface area contributed by atoms with Gasteiger partial charge in [0.2, 0.25) is 0 Å². The van der Waals surface area contributed by atoms with E-state index < -0.39 is 28.9 Å². The van der Waals surface area contributed by atoms with Gasteiger partial charge in [0.05, 0.1) is 12.2 Å². The van der Waals surface area contributed by atoms with Crippen LogP contribution in [0.2, 0.25) is 39.3 Å². The first-order valence-corrected chi connectivity index (χ1v) is 14.6. The lowest BCUT2D eigenvalue weighted by Gasteiger charge is -2.32. The Morgan fingerprint density at radius 3 is 1.73 bits per heavy atom. The number of carbonyl (C=O) groups excluding carboxylic acids is 1. The molecule has 0 fully saturated rings. The van der Waals surface area contributed by atoms with E-state index in [0.717, 1.165) is 6.42 Å². The van der Waals surface area contributed by atoms with Crippen LogP contribution in [0.1, 0.15) is 27.2 Å². The molecule has 0 unspecified atom stereocenters. The summed E-state index contributed by atoms with van der Waals surface area (Å²) in [5, 5.41) is 0. The van der Waals surface area contributed by atoms with E-state index in [4.69, 9.17) is 13.6 Å². The third kappa shape index (κ3) is 11.2. The first kappa shape index (κ1) is 21.6. The highest BCUT2D eigenvalue weighted by molar-refractivity contribution is 6.70. The predicted molar refractivity (Wildman–Crippen MR) is 96.8 cm³/mol. The van der Waals surface area contributed by atoms with Crippen LogP contribution >= 0.6 is 0 Å². The van der Waals surface area contributed by atoms with Gasteiger partial charge in [0, 0.05) is 0 Å². The summed E-state index contributed by atoms with van der Waals surface area (Å²) >= 11 is 0. The van der Waals surface area contributed by atoms with Gasteiger partial charge in [-0.15, -0.1) is 0 Å². The summed E-state index contributed by atoms with van der Waals surface area (Å²) in [6.45, 7) is 22.9. The molecule has 0 amide bonds. The number of hydrogen-bond donors (Lipinski definition) is 0. The molecule has 6 heteroatoms. The first-order chi connectivity index (χ1) is 9.61. The minimum Gasteiger partial charge on any atom is -0.462 e. The van der Waals surface area contributed by atoms with Crippen molar-refractivity contribution in [2.75, 3.05) is 6.61 Å². The van der Waals surface area contributed by atoms with Gasteiger partial charge < -0.3 is 13.6 Å². The van der Waals surface area contributed by atoms with Gasteiger partial charge >= 0.3 is 5.97 Å². The first-order valence-electron chi connectivity index (χ1n) is 7.82. The zero-order chi connectivity index (χ0) is 17.8. The monoisotopic (exact) mass is 346 g/mol. The Morgan fingerprint density at radius 1 is 1.00 bits per heavy atom. The lowest BCUT2D eigenvalue weighted by Crippen LogP contribution is -2.42. The number of carbonyl (C=O) groups is 1. The number of rotatable bonds is 8. The molecule has 0 aliphatic carbocycles. The summed E-state index contributed by atoms with van der Waals surface area (Å²) < 4.78 is 17.3. The Labute approximate surface area is 138 Å². The normalized spacial score (nSPS) is 13.4. The third-order valence-corrected chi connectivity index (χ3v) is 4.40. The van der Waals surface area contributed by atoms with E-state index in [-0.39, 0.29) is 11.0 Å². The molecule has 4 nitrogen and oxygen atoms in total. The molecule has 130 valence electrons. The van der Waals surface area contributed by atoms with Crippen molar-refractivity contribution in [1.29, 1.82) is 0 Å². The standard InChI is InChI=1S/C16H34O4Si2/c1-13(14(17)18-12-11-16(2,3)4)15(19-21(5,6)7)20-22(8,9)10/h15H,1,11-12H2,2-10H3. The van der Waals surface area contributed by atoms with Crippen LogP contribution in [-0.4, -0.2) is 35.5 Å². The maximum Gasteiger partial charge on any atom is 0.338 e. The van der Waals surface area contributed by atoms with Gasteiger partial charge in [0.15, 0.2) is 22.9 Å². The topological polar surface area (TPSA) is 44.8 Å². The molecular weight excluding hydrogens is 312 g/mol. The van der Waals surface area contributed by atoms with Crippen LogP contribution in [0.5, 0.6) is 0 Å². The Hall–Kier alpha value is -0.436. The van der Waals surface area contributed by atoms with Crippen molar-refractivity contribution in [3.05, 3.63) is 12.2 Å². The number of ether oxygens (including phenoxy) is 1. The van der Waals surface area contributed by atoms with Crippen LogP contribution in [0.4, 0.5) is 0 Å². The van der Waals surface area contributed by atoms with Gasteiger partial charge in [0.1, 0.15) is 0 Å². The molecule has 0 aromatic rings. The minimum atomic E-state index is -1.86.